The van der Waals surface area contributed by atoms with E-state index in [1.807, 2.05) is 0 Å². The summed E-state index contributed by atoms with van der Waals surface area (Å²) in [6.07, 6.45) is 10.6. The summed E-state index contributed by atoms with van der Waals surface area (Å²) < 4.78 is 1.14. The molecule has 1 saturated carbocycles. The molecular formula is C24H34BrN5. The topological polar surface area (TPSA) is 53.1 Å². The van der Waals surface area contributed by atoms with Crippen LogP contribution in [0.25, 0.3) is 0 Å². The maximum Gasteiger partial charge on any atom is 0.225 e. The van der Waals surface area contributed by atoms with E-state index < -0.39 is 0 Å². The van der Waals surface area contributed by atoms with Crippen molar-refractivity contribution in [2.24, 2.45) is 0 Å². The Bertz CT molecular complexity index is 828. The molecule has 162 valence electrons. The number of hydrogen-bond donors (Lipinski definition) is 2. The van der Waals surface area contributed by atoms with Crippen molar-refractivity contribution in [3.8, 4) is 0 Å². The third-order valence-electron chi connectivity index (χ3n) is 6.41. The van der Waals surface area contributed by atoms with Crippen molar-refractivity contribution in [2.75, 3.05) is 30.9 Å². The summed E-state index contributed by atoms with van der Waals surface area (Å²) >= 11 is 3.50. The lowest BCUT2D eigenvalue weighted by atomic mass is 9.91. The molecule has 4 rings (SSSR count). The van der Waals surface area contributed by atoms with Crippen LogP contribution in [0.2, 0.25) is 0 Å². The molecule has 0 atom stereocenters. The lowest BCUT2D eigenvalue weighted by molar-refractivity contribution is 0.355. The van der Waals surface area contributed by atoms with Gasteiger partial charge >= 0.3 is 0 Å². The van der Waals surface area contributed by atoms with E-state index in [-0.39, 0.29) is 0 Å². The van der Waals surface area contributed by atoms with Crippen LogP contribution in [0.5, 0.6) is 0 Å². The summed E-state index contributed by atoms with van der Waals surface area (Å²) in [6.45, 7) is 1.05. The van der Waals surface area contributed by atoms with Gasteiger partial charge in [-0.3, -0.25) is 0 Å². The number of fused-ring (bicyclic) bond motifs is 1. The monoisotopic (exact) mass is 471 g/mol. The summed E-state index contributed by atoms with van der Waals surface area (Å²) in [5.41, 5.74) is 4.00. The Morgan fingerprint density at radius 3 is 2.40 bits per heavy atom. The van der Waals surface area contributed by atoms with E-state index in [1.165, 1.54) is 55.3 Å². The van der Waals surface area contributed by atoms with Crippen molar-refractivity contribution < 1.29 is 0 Å². The average Bonchev–Trinajstić information content (AvgIpc) is 2.76. The molecule has 1 fully saturated rings. The molecule has 0 saturated heterocycles. The van der Waals surface area contributed by atoms with Crippen LogP contribution in [-0.2, 0) is 19.3 Å². The minimum atomic E-state index is 0.478. The van der Waals surface area contributed by atoms with Crippen LogP contribution in [0.15, 0.2) is 28.7 Å². The van der Waals surface area contributed by atoms with Gasteiger partial charge in [-0.05, 0) is 82.0 Å². The number of benzene rings is 1. The SMILES string of the molecule is CN(C)c1nc(NC2CCC(NCCc3ccc(Br)cc3)CC2)nc2c1CCCC2. The largest absolute Gasteiger partial charge is 0.362 e. The Labute approximate surface area is 189 Å². The van der Waals surface area contributed by atoms with Crippen molar-refractivity contribution in [3.05, 3.63) is 45.6 Å². The molecule has 0 amide bonds. The van der Waals surface area contributed by atoms with Gasteiger partial charge in [-0.25, -0.2) is 4.98 Å². The summed E-state index contributed by atoms with van der Waals surface area (Å²) in [5, 5.41) is 7.41. The van der Waals surface area contributed by atoms with Crippen LogP contribution in [0, 0.1) is 0 Å². The van der Waals surface area contributed by atoms with Gasteiger partial charge in [-0.1, -0.05) is 28.1 Å². The molecule has 2 N–H and O–H groups in total. The van der Waals surface area contributed by atoms with Gasteiger partial charge in [0.05, 0.1) is 5.69 Å². The minimum Gasteiger partial charge on any atom is -0.362 e. The molecule has 0 bridgehead atoms. The Morgan fingerprint density at radius 1 is 0.967 bits per heavy atom. The normalized spacial score (nSPS) is 21.2. The first-order valence-electron chi connectivity index (χ1n) is 11.4. The number of aromatic nitrogens is 2. The summed E-state index contributed by atoms with van der Waals surface area (Å²) in [7, 11) is 4.18. The predicted molar refractivity (Wildman–Crippen MR) is 129 cm³/mol. The zero-order valence-electron chi connectivity index (χ0n) is 18.3. The first-order chi connectivity index (χ1) is 14.6. The van der Waals surface area contributed by atoms with E-state index in [2.05, 4.69) is 69.8 Å². The van der Waals surface area contributed by atoms with Gasteiger partial charge in [-0.2, -0.15) is 4.98 Å². The molecule has 1 aromatic carbocycles. The molecule has 0 radical (unpaired) electrons. The van der Waals surface area contributed by atoms with Crippen molar-refractivity contribution in [3.63, 3.8) is 0 Å². The molecule has 1 heterocycles. The van der Waals surface area contributed by atoms with Crippen LogP contribution in [0.1, 0.15) is 55.3 Å². The van der Waals surface area contributed by atoms with Crippen molar-refractivity contribution in [1.82, 2.24) is 15.3 Å². The second-order valence-electron chi connectivity index (χ2n) is 8.92. The van der Waals surface area contributed by atoms with Crippen LogP contribution < -0.4 is 15.5 Å². The highest BCUT2D eigenvalue weighted by molar-refractivity contribution is 9.10. The molecular weight excluding hydrogens is 438 g/mol. The van der Waals surface area contributed by atoms with Crippen LogP contribution in [0.3, 0.4) is 0 Å². The van der Waals surface area contributed by atoms with Gasteiger partial charge < -0.3 is 15.5 Å². The van der Waals surface area contributed by atoms with E-state index in [4.69, 9.17) is 9.97 Å². The van der Waals surface area contributed by atoms with Gasteiger partial charge in [0, 0.05) is 36.2 Å². The zero-order chi connectivity index (χ0) is 20.9. The fraction of sp³-hybridized carbons (Fsp3) is 0.583. The zero-order valence-corrected chi connectivity index (χ0v) is 19.8. The number of nitrogens with zero attached hydrogens (tertiary/aromatic N) is 3. The first-order valence-corrected chi connectivity index (χ1v) is 12.2. The van der Waals surface area contributed by atoms with Crippen LogP contribution in [0.4, 0.5) is 11.8 Å². The first kappa shape index (κ1) is 21.6. The highest BCUT2D eigenvalue weighted by Crippen LogP contribution is 2.29. The molecule has 30 heavy (non-hydrogen) atoms. The molecule has 0 spiro atoms. The van der Waals surface area contributed by atoms with E-state index in [0.29, 0.717) is 12.1 Å². The Kier molecular flexibility index (Phi) is 7.26. The Morgan fingerprint density at radius 2 is 1.67 bits per heavy atom. The van der Waals surface area contributed by atoms with Gasteiger partial charge in [0.1, 0.15) is 5.82 Å². The highest BCUT2D eigenvalue weighted by Gasteiger charge is 2.23. The highest BCUT2D eigenvalue weighted by atomic mass is 79.9. The fourth-order valence-electron chi connectivity index (χ4n) is 4.70. The second kappa shape index (κ2) is 10.1. The van der Waals surface area contributed by atoms with Gasteiger partial charge in [0.2, 0.25) is 5.95 Å². The smallest absolute Gasteiger partial charge is 0.225 e. The van der Waals surface area contributed by atoms with Crippen LogP contribution >= 0.6 is 15.9 Å². The molecule has 6 heteroatoms. The fourth-order valence-corrected chi connectivity index (χ4v) is 4.97. The van der Waals surface area contributed by atoms with E-state index >= 15 is 0 Å². The Balaban J connectivity index is 1.26. The number of anilines is 2. The molecule has 0 unspecified atom stereocenters. The van der Waals surface area contributed by atoms with E-state index in [1.54, 1.807) is 0 Å². The lowest BCUT2D eigenvalue weighted by Gasteiger charge is -2.30. The van der Waals surface area contributed by atoms with Crippen molar-refractivity contribution in [2.45, 2.75) is 69.9 Å². The standard InChI is InChI=1S/C24H34BrN5/c1-30(2)23-21-5-3-4-6-22(21)28-24(29-23)27-20-13-11-19(12-14-20)26-16-15-17-7-9-18(25)10-8-17/h7-10,19-20,26H,3-6,11-16H2,1-2H3,(H,27,28,29). The number of rotatable bonds is 7. The second-order valence-corrected chi connectivity index (χ2v) is 9.84. The summed E-state index contributed by atoms with van der Waals surface area (Å²) in [5.74, 6) is 1.93. The molecule has 2 aliphatic rings. The van der Waals surface area contributed by atoms with Crippen molar-refractivity contribution >= 4 is 27.7 Å². The number of nitrogens with one attached hydrogen (secondary N) is 2. The van der Waals surface area contributed by atoms with E-state index in [0.717, 1.165) is 42.0 Å². The average molecular weight is 472 g/mol. The van der Waals surface area contributed by atoms with Crippen molar-refractivity contribution in [1.29, 1.82) is 0 Å². The molecule has 1 aromatic heterocycles. The molecule has 2 aliphatic carbocycles. The third-order valence-corrected chi connectivity index (χ3v) is 6.93. The molecule has 0 aliphatic heterocycles. The summed E-state index contributed by atoms with van der Waals surface area (Å²) in [4.78, 5) is 11.9. The lowest BCUT2D eigenvalue weighted by Crippen LogP contribution is -2.38. The number of aryl methyl sites for hydroxylation is 1. The van der Waals surface area contributed by atoms with E-state index in [9.17, 15) is 0 Å². The number of halogens is 1. The molecule has 2 aromatic rings. The maximum atomic E-state index is 4.89. The maximum absolute atomic E-state index is 4.89. The number of hydrogen-bond acceptors (Lipinski definition) is 5. The van der Waals surface area contributed by atoms with Gasteiger partial charge in [0.15, 0.2) is 0 Å². The predicted octanol–water partition coefficient (Wildman–Crippen LogP) is 4.74. The summed E-state index contributed by atoms with van der Waals surface area (Å²) in [6, 6.07) is 9.75. The Hall–Kier alpha value is -1.66. The van der Waals surface area contributed by atoms with Gasteiger partial charge in [-0.15, -0.1) is 0 Å². The van der Waals surface area contributed by atoms with Crippen LogP contribution in [-0.4, -0.2) is 42.7 Å². The quantitative estimate of drug-likeness (QED) is 0.610. The third kappa shape index (κ3) is 5.52. The minimum absolute atomic E-state index is 0.478. The molecule has 5 nitrogen and oxygen atoms in total. The van der Waals surface area contributed by atoms with Gasteiger partial charge in [0.25, 0.3) is 0 Å².